The van der Waals surface area contributed by atoms with Crippen molar-refractivity contribution in [3.05, 3.63) is 35.2 Å². The molecule has 1 rings (SSSR count). The second-order valence-corrected chi connectivity index (χ2v) is 3.17. The Labute approximate surface area is 84.4 Å². The van der Waals surface area contributed by atoms with Crippen molar-refractivity contribution in [2.24, 2.45) is 10.7 Å². The molecule has 1 heterocycles. The molecule has 2 N–H and O–H groups in total. The summed E-state index contributed by atoms with van der Waals surface area (Å²) in [6.07, 6.45) is 3.47. The molecular weight excluding hydrogens is 174 g/mol. The molecule has 1 aromatic heterocycles. The van der Waals surface area contributed by atoms with Crippen LogP contribution in [-0.2, 0) is 0 Å². The van der Waals surface area contributed by atoms with Gasteiger partial charge in [-0.2, -0.15) is 0 Å². The van der Waals surface area contributed by atoms with E-state index in [4.69, 9.17) is 5.73 Å². The Morgan fingerprint density at radius 1 is 1.36 bits per heavy atom. The molecule has 0 bridgehead atoms. The molecule has 3 heteroatoms. The zero-order chi connectivity index (χ0) is 10.6. The average molecular weight is 189 g/mol. The van der Waals surface area contributed by atoms with Crippen LogP contribution in [0.3, 0.4) is 0 Å². The third kappa shape index (κ3) is 2.69. The minimum absolute atomic E-state index is 0.712. The molecule has 0 radical (unpaired) electrons. The van der Waals surface area contributed by atoms with Crippen LogP contribution in [0.1, 0.15) is 17.0 Å². The van der Waals surface area contributed by atoms with Gasteiger partial charge in [-0.3, -0.25) is 9.98 Å². The first-order valence-corrected chi connectivity index (χ1v) is 4.47. The molecule has 0 aliphatic heterocycles. The van der Waals surface area contributed by atoms with Crippen LogP contribution in [0.15, 0.2) is 23.2 Å². The lowest BCUT2D eigenvalue weighted by Gasteiger charge is -2.03. The Balaban J connectivity index is 3.06. The smallest absolute Gasteiger partial charge is 0.0404 e. The van der Waals surface area contributed by atoms with E-state index in [1.165, 1.54) is 0 Å². The summed E-state index contributed by atoms with van der Waals surface area (Å²) in [5.41, 5.74) is 9.52. The highest BCUT2D eigenvalue weighted by Crippen LogP contribution is 2.10. The van der Waals surface area contributed by atoms with Gasteiger partial charge < -0.3 is 5.73 Å². The third-order valence-electron chi connectivity index (χ3n) is 1.82. The maximum atomic E-state index is 5.86. The summed E-state index contributed by atoms with van der Waals surface area (Å²) in [5, 5.41) is 0. The number of rotatable bonds is 2. The van der Waals surface area contributed by atoms with Crippen LogP contribution in [0.2, 0.25) is 0 Å². The fraction of sp³-hybridized carbons (Fsp3) is 0.273. The summed E-state index contributed by atoms with van der Waals surface area (Å²) in [4.78, 5) is 8.13. The summed E-state index contributed by atoms with van der Waals surface area (Å²) < 4.78 is 0. The Hall–Kier alpha value is -1.64. The van der Waals surface area contributed by atoms with Crippen molar-refractivity contribution in [3.8, 4) is 0 Å². The number of pyridine rings is 1. The number of nitrogens with two attached hydrogens (primary N) is 1. The second-order valence-electron chi connectivity index (χ2n) is 3.17. The molecular formula is C11H15N3. The van der Waals surface area contributed by atoms with Crippen molar-refractivity contribution < 1.29 is 0 Å². The monoisotopic (exact) mass is 189 g/mol. The van der Waals surface area contributed by atoms with Crippen molar-refractivity contribution in [2.75, 3.05) is 7.05 Å². The lowest BCUT2D eigenvalue weighted by Crippen LogP contribution is -1.99. The molecule has 74 valence electrons. The van der Waals surface area contributed by atoms with Gasteiger partial charge >= 0.3 is 0 Å². The molecule has 0 saturated heterocycles. The summed E-state index contributed by atoms with van der Waals surface area (Å²) in [7, 11) is 1.72. The number of aryl methyl sites for hydroxylation is 2. The van der Waals surface area contributed by atoms with Crippen LogP contribution < -0.4 is 5.73 Å². The maximum Gasteiger partial charge on any atom is 0.0404 e. The van der Waals surface area contributed by atoms with E-state index in [1.54, 1.807) is 19.3 Å². The van der Waals surface area contributed by atoms with E-state index in [0.29, 0.717) is 5.70 Å². The van der Waals surface area contributed by atoms with Gasteiger partial charge in [0.2, 0.25) is 0 Å². The number of aromatic nitrogens is 1. The second kappa shape index (κ2) is 4.56. The van der Waals surface area contributed by atoms with Crippen molar-refractivity contribution in [1.29, 1.82) is 0 Å². The fourth-order valence-electron chi connectivity index (χ4n) is 1.25. The number of nitrogens with zero attached hydrogens (tertiary/aromatic N) is 2. The first kappa shape index (κ1) is 10.4. The molecule has 0 atom stereocenters. The quantitative estimate of drug-likeness (QED) is 0.720. The molecule has 0 aliphatic rings. The standard InChI is InChI=1S/C11H15N3/c1-8-6-10(7-9(2)14-8)11(12)4-5-13-3/h4-7H,12H2,1-3H3. The van der Waals surface area contributed by atoms with E-state index in [9.17, 15) is 0 Å². The van der Waals surface area contributed by atoms with Crippen LogP contribution in [0.25, 0.3) is 5.70 Å². The van der Waals surface area contributed by atoms with Gasteiger partial charge in [0.05, 0.1) is 0 Å². The molecule has 14 heavy (non-hydrogen) atoms. The van der Waals surface area contributed by atoms with Gasteiger partial charge in [-0.15, -0.1) is 0 Å². The number of hydrogen-bond donors (Lipinski definition) is 1. The maximum absolute atomic E-state index is 5.86. The topological polar surface area (TPSA) is 51.3 Å². The third-order valence-corrected chi connectivity index (χ3v) is 1.82. The summed E-state index contributed by atoms with van der Waals surface area (Å²) in [6.45, 7) is 3.91. The first-order valence-electron chi connectivity index (χ1n) is 4.47. The van der Waals surface area contributed by atoms with Gasteiger partial charge in [-0.25, -0.2) is 0 Å². The number of allylic oxidation sites excluding steroid dienone is 1. The van der Waals surface area contributed by atoms with Gasteiger partial charge in [0.15, 0.2) is 0 Å². The Morgan fingerprint density at radius 2 is 1.93 bits per heavy atom. The van der Waals surface area contributed by atoms with Gasteiger partial charge in [0.1, 0.15) is 0 Å². The minimum Gasteiger partial charge on any atom is -0.398 e. The molecule has 1 aromatic rings. The molecule has 0 aliphatic carbocycles. The van der Waals surface area contributed by atoms with Crippen molar-refractivity contribution in [2.45, 2.75) is 13.8 Å². The van der Waals surface area contributed by atoms with Crippen molar-refractivity contribution in [3.63, 3.8) is 0 Å². The highest BCUT2D eigenvalue weighted by atomic mass is 14.7. The summed E-state index contributed by atoms with van der Waals surface area (Å²) in [5.74, 6) is 0. The number of hydrogen-bond acceptors (Lipinski definition) is 3. The minimum atomic E-state index is 0.712. The van der Waals surface area contributed by atoms with Crippen LogP contribution in [0.5, 0.6) is 0 Å². The molecule has 0 aromatic carbocycles. The molecule has 0 amide bonds. The highest BCUT2D eigenvalue weighted by molar-refractivity contribution is 5.83. The molecule has 3 nitrogen and oxygen atoms in total. The van der Waals surface area contributed by atoms with E-state index < -0.39 is 0 Å². The Morgan fingerprint density at radius 3 is 2.43 bits per heavy atom. The molecule has 0 unspecified atom stereocenters. The first-order chi connectivity index (χ1) is 6.63. The molecule has 0 saturated carbocycles. The zero-order valence-electron chi connectivity index (χ0n) is 8.78. The fourth-order valence-corrected chi connectivity index (χ4v) is 1.25. The summed E-state index contributed by atoms with van der Waals surface area (Å²) in [6, 6.07) is 3.92. The lowest BCUT2D eigenvalue weighted by molar-refractivity contribution is 1.11. The van der Waals surface area contributed by atoms with E-state index in [-0.39, 0.29) is 0 Å². The Bertz CT molecular complexity index is 358. The van der Waals surface area contributed by atoms with Crippen LogP contribution in [-0.4, -0.2) is 18.2 Å². The Kier molecular flexibility index (Phi) is 3.40. The predicted molar refractivity (Wildman–Crippen MR) is 60.3 cm³/mol. The van der Waals surface area contributed by atoms with Gasteiger partial charge in [0, 0.05) is 35.9 Å². The van der Waals surface area contributed by atoms with Gasteiger partial charge in [-0.05, 0) is 32.1 Å². The van der Waals surface area contributed by atoms with Gasteiger partial charge in [0.25, 0.3) is 0 Å². The SMILES string of the molecule is CN=CC=C(N)c1cc(C)nc(C)c1. The molecule has 0 fully saturated rings. The predicted octanol–water partition coefficient (Wildman–Crippen LogP) is 1.70. The molecule has 0 spiro atoms. The highest BCUT2D eigenvalue weighted by Gasteiger charge is 1.98. The van der Waals surface area contributed by atoms with Crippen molar-refractivity contribution in [1.82, 2.24) is 4.98 Å². The largest absolute Gasteiger partial charge is 0.398 e. The summed E-state index contributed by atoms with van der Waals surface area (Å²) >= 11 is 0. The van der Waals surface area contributed by atoms with E-state index in [2.05, 4.69) is 9.98 Å². The van der Waals surface area contributed by atoms with Crippen LogP contribution >= 0.6 is 0 Å². The zero-order valence-corrected chi connectivity index (χ0v) is 8.78. The van der Waals surface area contributed by atoms with Crippen LogP contribution in [0, 0.1) is 13.8 Å². The van der Waals surface area contributed by atoms with Gasteiger partial charge in [-0.1, -0.05) is 0 Å². The lowest BCUT2D eigenvalue weighted by atomic mass is 10.1. The van der Waals surface area contributed by atoms with Crippen molar-refractivity contribution >= 4 is 11.9 Å². The van der Waals surface area contributed by atoms with E-state index >= 15 is 0 Å². The van der Waals surface area contributed by atoms with Crippen LogP contribution in [0.4, 0.5) is 0 Å². The van der Waals surface area contributed by atoms with E-state index in [0.717, 1.165) is 17.0 Å². The van der Waals surface area contributed by atoms with E-state index in [1.807, 2.05) is 26.0 Å². The average Bonchev–Trinajstić information content (AvgIpc) is 2.12. The normalized spacial score (nSPS) is 12.4. The number of aliphatic imine (C=N–C) groups is 1.